The van der Waals surface area contributed by atoms with E-state index >= 15 is 0 Å². The predicted octanol–water partition coefficient (Wildman–Crippen LogP) is 2.44. The maximum absolute atomic E-state index is 12.5. The minimum Gasteiger partial charge on any atom is -0.360 e. The number of carbonyl (C=O) groups is 1. The van der Waals surface area contributed by atoms with Crippen LogP contribution in [0.15, 0.2) is 36.7 Å². The average molecular weight is 286 g/mol. The smallest absolute Gasteiger partial charge is 0.260 e. The van der Waals surface area contributed by atoms with Gasteiger partial charge in [-0.25, -0.2) is 5.10 Å². The summed E-state index contributed by atoms with van der Waals surface area (Å²) in [6.07, 6.45) is 5.23. The topological polar surface area (TPSA) is 79.9 Å². The number of benzene rings is 1. The lowest BCUT2D eigenvalue weighted by atomic mass is 10.1. The lowest BCUT2D eigenvalue weighted by molar-refractivity contribution is -0.131. The molecule has 1 atom stereocenters. The van der Waals surface area contributed by atoms with E-state index in [0.717, 1.165) is 31.2 Å². The van der Waals surface area contributed by atoms with Crippen molar-refractivity contribution in [3.63, 3.8) is 0 Å². The Labute approximate surface area is 122 Å². The van der Waals surface area contributed by atoms with Crippen molar-refractivity contribution in [2.45, 2.75) is 37.9 Å². The van der Waals surface area contributed by atoms with Gasteiger partial charge in [0.05, 0.1) is 6.10 Å². The van der Waals surface area contributed by atoms with Crippen LogP contribution in [0.3, 0.4) is 0 Å². The number of ether oxygens (including phenoxy) is 1. The fraction of sp³-hybridized carbons (Fsp3) is 0.400. The van der Waals surface area contributed by atoms with Crippen LogP contribution in [-0.4, -0.2) is 27.2 Å². The number of aromatic nitrogens is 3. The largest absolute Gasteiger partial charge is 0.360 e. The SMILES string of the molecule is O=C(Nc1ncn[nH]1)C(OC1CCCC1)c1ccccc1. The van der Waals surface area contributed by atoms with Crippen molar-refractivity contribution in [3.8, 4) is 0 Å². The van der Waals surface area contributed by atoms with Gasteiger partial charge in [-0.3, -0.25) is 10.1 Å². The summed E-state index contributed by atoms with van der Waals surface area (Å²) in [6, 6.07) is 9.54. The Morgan fingerprint density at radius 3 is 2.71 bits per heavy atom. The molecule has 1 saturated carbocycles. The van der Waals surface area contributed by atoms with E-state index < -0.39 is 6.10 Å². The number of anilines is 1. The highest BCUT2D eigenvalue weighted by atomic mass is 16.5. The highest BCUT2D eigenvalue weighted by Crippen LogP contribution is 2.28. The molecule has 1 aliphatic rings. The first-order valence-electron chi connectivity index (χ1n) is 7.19. The number of rotatable bonds is 5. The van der Waals surface area contributed by atoms with Gasteiger partial charge in [-0.05, 0) is 18.4 Å². The Bertz CT molecular complexity index is 565. The van der Waals surface area contributed by atoms with Gasteiger partial charge in [0.2, 0.25) is 5.95 Å². The molecule has 1 heterocycles. The summed E-state index contributed by atoms with van der Waals surface area (Å²) in [6.45, 7) is 0. The maximum atomic E-state index is 12.5. The van der Waals surface area contributed by atoms with Crippen molar-refractivity contribution in [1.82, 2.24) is 15.2 Å². The van der Waals surface area contributed by atoms with Crippen molar-refractivity contribution >= 4 is 11.9 Å². The number of H-pyrrole nitrogens is 1. The highest BCUT2D eigenvalue weighted by Gasteiger charge is 2.27. The van der Waals surface area contributed by atoms with Crippen LogP contribution in [0.25, 0.3) is 0 Å². The molecule has 21 heavy (non-hydrogen) atoms. The third-order valence-corrected chi connectivity index (χ3v) is 3.63. The Morgan fingerprint density at radius 1 is 1.29 bits per heavy atom. The van der Waals surface area contributed by atoms with Crippen molar-refractivity contribution in [2.75, 3.05) is 5.32 Å². The molecule has 1 aromatic carbocycles. The Hall–Kier alpha value is -2.21. The van der Waals surface area contributed by atoms with Crippen LogP contribution in [0.5, 0.6) is 0 Å². The van der Waals surface area contributed by atoms with Crippen molar-refractivity contribution in [1.29, 1.82) is 0 Å². The summed E-state index contributed by atoms with van der Waals surface area (Å²) in [5.41, 5.74) is 0.849. The lowest BCUT2D eigenvalue weighted by Gasteiger charge is -2.21. The zero-order valence-corrected chi connectivity index (χ0v) is 11.7. The molecule has 0 aliphatic heterocycles. The van der Waals surface area contributed by atoms with E-state index in [1.54, 1.807) is 0 Å². The molecule has 2 aromatic rings. The minimum absolute atomic E-state index is 0.149. The second kappa shape index (κ2) is 6.49. The lowest BCUT2D eigenvalue weighted by Crippen LogP contribution is -2.27. The van der Waals surface area contributed by atoms with E-state index in [4.69, 9.17) is 4.74 Å². The van der Waals surface area contributed by atoms with E-state index in [2.05, 4.69) is 20.5 Å². The average Bonchev–Trinajstić information content (AvgIpc) is 3.19. The van der Waals surface area contributed by atoms with Crippen LogP contribution in [0, 0.1) is 0 Å². The fourth-order valence-corrected chi connectivity index (χ4v) is 2.58. The molecule has 0 spiro atoms. The van der Waals surface area contributed by atoms with E-state index in [1.165, 1.54) is 6.33 Å². The standard InChI is InChI=1S/C15H18N4O2/c20-14(18-15-16-10-17-19-15)13(11-6-2-1-3-7-11)21-12-8-4-5-9-12/h1-3,6-7,10,12-13H,4-5,8-9H2,(H2,16,17,18,19,20). The van der Waals surface area contributed by atoms with E-state index in [-0.39, 0.29) is 12.0 Å². The molecule has 1 amide bonds. The molecule has 0 bridgehead atoms. The van der Waals surface area contributed by atoms with Gasteiger partial charge in [0.15, 0.2) is 6.10 Å². The molecule has 1 aliphatic carbocycles. The van der Waals surface area contributed by atoms with Crippen LogP contribution in [0.1, 0.15) is 37.4 Å². The number of hydrogen-bond acceptors (Lipinski definition) is 4. The molecule has 0 saturated heterocycles. The molecule has 110 valence electrons. The van der Waals surface area contributed by atoms with Crippen LogP contribution >= 0.6 is 0 Å². The summed E-state index contributed by atoms with van der Waals surface area (Å²) in [4.78, 5) is 16.4. The molecule has 6 heteroatoms. The molecular weight excluding hydrogens is 268 g/mol. The van der Waals surface area contributed by atoms with E-state index in [1.807, 2.05) is 30.3 Å². The highest BCUT2D eigenvalue weighted by molar-refractivity contribution is 5.93. The maximum Gasteiger partial charge on any atom is 0.260 e. The van der Waals surface area contributed by atoms with Gasteiger partial charge in [-0.1, -0.05) is 43.2 Å². The van der Waals surface area contributed by atoms with Crippen LogP contribution in [0.2, 0.25) is 0 Å². The number of aromatic amines is 1. The molecule has 3 rings (SSSR count). The molecule has 1 fully saturated rings. The Kier molecular flexibility index (Phi) is 4.25. The molecule has 1 unspecified atom stereocenters. The minimum atomic E-state index is -0.626. The van der Waals surface area contributed by atoms with Gasteiger partial charge in [-0.2, -0.15) is 10.1 Å². The van der Waals surface area contributed by atoms with Crippen LogP contribution in [0.4, 0.5) is 5.95 Å². The van der Waals surface area contributed by atoms with Crippen molar-refractivity contribution in [2.24, 2.45) is 0 Å². The monoisotopic (exact) mass is 286 g/mol. The Morgan fingerprint density at radius 2 is 2.05 bits per heavy atom. The second-order valence-corrected chi connectivity index (χ2v) is 5.16. The summed E-state index contributed by atoms with van der Waals surface area (Å²) in [5.74, 6) is 0.0980. The molecule has 6 nitrogen and oxygen atoms in total. The third-order valence-electron chi connectivity index (χ3n) is 3.63. The summed E-state index contributed by atoms with van der Waals surface area (Å²) in [7, 11) is 0. The zero-order chi connectivity index (χ0) is 14.5. The summed E-state index contributed by atoms with van der Waals surface area (Å²) in [5, 5.41) is 9.04. The van der Waals surface area contributed by atoms with Gasteiger partial charge < -0.3 is 4.74 Å². The number of nitrogens with zero attached hydrogens (tertiary/aromatic N) is 2. The van der Waals surface area contributed by atoms with Crippen molar-refractivity contribution < 1.29 is 9.53 Å². The number of hydrogen-bond donors (Lipinski definition) is 2. The predicted molar refractivity (Wildman–Crippen MR) is 77.5 cm³/mol. The molecular formula is C15H18N4O2. The number of amides is 1. The second-order valence-electron chi connectivity index (χ2n) is 5.16. The van der Waals surface area contributed by atoms with E-state index in [0.29, 0.717) is 5.95 Å². The first-order valence-corrected chi connectivity index (χ1v) is 7.19. The molecule has 0 radical (unpaired) electrons. The zero-order valence-electron chi connectivity index (χ0n) is 11.7. The van der Waals surface area contributed by atoms with Crippen LogP contribution < -0.4 is 5.32 Å². The molecule has 2 N–H and O–H groups in total. The summed E-state index contributed by atoms with van der Waals surface area (Å²) < 4.78 is 6.03. The number of carbonyl (C=O) groups excluding carboxylic acids is 1. The third kappa shape index (κ3) is 3.46. The van der Waals surface area contributed by atoms with Gasteiger partial charge in [0.25, 0.3) is 5.91 Å². The molecule has 1 aromatic heterocycles. The quantitative estimate of drug-likeness (QED) is 0.884. The van der Waals surface area contributed by atoms with Crippen molar-refractivity contribution in [3.05, 3.63) is 42.2 Å². The van der Waals surface area contributed by atoms with Gasteiger partial charge in [0, 0.05) is 0 Å². The fourth-order valence-electron chi connectivity index (χ4n) is 2.58. The Balaban J connectivity index is 1.75. The first-order chi connectivity index (χ1) is 10.3. The first kappa shape index (κ1) is 13.8. The van der Waals surface area contributed by atoms with Gasteiger partial charge >= 0.3 is 0 Å². The van der Waals surface area contributed by atoms with Gasteiger partial charge in [-0.15, -0.1) is 0 Å². The summed E-state index contributed by atoms with van der Waals surface area (Å²) >= 11 is 0. The van der Waals surface area contributed by atoms with Gasteiger partial charge in [0.1, 0.15) is 6.33 Å². The van der Waals surface area contributed by atoms with E-state index in [9.17, 15) is 4.79 Å². The number of nitrogens with one attached hydrogen (secondary N) is 2. The normalized spacial score (nSPS) is 16.8. The van der Waals surface area contributed by atoms with Crippen LogP contribution in [-0.2, 0) is 9.53 Å².